The summed E-state index contributed by atoms with van der Waals surface area (Å²) >= 11 is 12.9. The van der Waals surface area contributed by atoms with Gasteiger partial charge in [-0.2, -0.15) is 0 Å². The van der Waals surface area contributed by atoms with Gasteiger partial charge >= 0.3 is 17.9 Å². The van der Waals surface area contributed by atoms with Gasteiger partial charge in [-0.05, 0) is 89.2 Å². The Hall–Kier alpha value is -11.5. The third-order valence-electron chi connectivity index (χ3n) is 19.4. The Morgan fingerprint density at radius 3 is 1.93 bits per heavy atom. The number of rotatable bonds is 40. The number of carbonyl (C=O) groups is 20. The van der Waals surface area contributed by atoms with Crippen molar-refractivity contribution in [3.8, 4) is 0 Å². The van der Waals surface area contributed by atoms with E-state index in [4.69, 9.17) is 48.9 Å². The maximum absolute atomic E-state index is 15.1. The molecule has 0 saturated carbocycles. The molecule has 3 aromatic rings. The van der Waals surface area contributed by atoms with Crippen molar-refractivity contribution in [2.45, 2.75) is 212 Å². The number of aliphatic hydroxyl groups excluding tert-OH is 1. The van der Waals surface area contributed by atoms with Gasteiger partial charge in [0, 0.05) is 85.1 Å². The zero-order chi connectivity index (χ0) is 89.5. The summed E-state index contributed by atoms with van der Waals surface area (Å²) in [4.78, 5) is 278. The minimum absolute atomic E-state index is 0.00251. The van der Waals surface area contributed by atoms with E-state index in [1.165, 1.54) is 13.0 Å². The van der Waals surface area contributed by atoms with Crippen LogP contribution in [0, 0.1) is 30.6 Å². The number of nitrogens with two attached hydrogens (primary N) is 2. The van der Waals surface area contributed by atoms with Crippen molar-refractivity contribution in [1.29, 1.82) is 0 Å². The molecular formula is C78H108Cl2N14O26. The van der Waals surface area contributed by atoms with Gasteiger partial charge < -0.3 is 104 Å². The maximum Gasteiger partial charge on any atom is 0.329 e. The number of hydrogen-bond acceptors (Lipinski definition) is 26. The average molecular weight is 1730 g/mol. The number of anilines is 1. The van der Waals surface area contributed by atoms with Crippen molar-refractivity contribution < 1.29 is 125 Å². The second kappa shape index (κ2) is 51.7. The first-order valence-electron chi connectivity index (χ1n) is 39.1. The molecule has 660 valence electrons. The molecule has 1 fully saturated rings. The van der Waals surface area contributed by atoms with Gasteiger partial charge in [-0.15, -0.1) is 0 Å². The molecule has 2 heterocycles. The number of nitrogens with one attached hydrogen (secondary N) is 12. The molecule has 2 aromatic carbocycles. The van der Waals surface area contributed by atoms with Crippen molar-refractivity contribution in [2.75, 3.05) is 51.3 Å². The molecule has 11 amide bonds. The number of aliphatic carboxylic acids is 2. The Labute approximate surface area is 700 Å². The Kier molecular flexibility index (Phi) is 43.5. The lowest BCUT2D eigenvalue weighted by Crippen LogP contribution is -2.57. The Morgan fingerprint density at radius 1 is 0.675 bits per heavy atom. The molecule has 42 heteroatoms. The van der Waals surface area contributed by atoms with Crippen molar-refractivity contribution in [1.82, 2.24) is 58.2 Å². The van der Waals surface area contributed by atoms with Gasteiger partial charge in [0.15, 0.2) is 23.1 Å². The minimum atomic E-state index is -2.39. The highest BCUT2D eigenvalue weighted by Gasteiger charge is 2.41. The number of amides is 11. The number of esters is 1. The molecule has 1 saturated heterocycles. The lowest BCUT2D eigenvalue weighted by atomic mass is 9.84. The minimum Gasteiger partial charge on any atom is -0.481 e. The zero-order valence-corrected chi connectivity index (χ0v) is 69.0. The number of carbonyl (C=O) groups excluding carboxylic acids is 18. The van der Waals surface area contributed by atoms with E-state index in [-0.39, 0.29) is 73.0 Å². The number of primary amides is 1. The number of aryl methyl sites for hydroxylation is 1. The van der Waals surface area contributed by atoms with Crippen molar-refractivity contribution in [3.05, 3.63) is 63.3 Å². The molecule has 4 rings (SSSR count). The third kappa shape index (κ3) is 34.1. The van der Waals surface area contributed by atoms with Gasteiger partial charge in [-0.3, -0.25) is 91.1 Å². The van der Waals surface area contributed by atoms with Crippen LogP contribution in [0.1, 0.15) is 165 Å². The molecule has 0 aliphatic carbocycles. The molecular weight excluding hydrogens is 1620 g/mol. The maximum atomic E-state index is 15.1. The number of H-pyrrole nitrogens is 1. The molecule has 1 aliphatic rings. The summed E-state index contributed by atoms with van der Waals surface area (Å²) in [6.07, 6.45) is -2.44. The monoisotopic (exact) mass is 1730 g/mol. The lowest BCUT2D eigenvalue weighted by Gasteiger charge is -2.29. The number of ether oxygens (including phenoxy) is 3. The fourth-order valence-corrected chi connectivity index (χ4v) is 13.5. The number of unbranched alkanes of at least 4 members (excludes halogenated alkanes) is 6. The van der Waals surface area contributed by atoms with Crippen molar-refractivity contribution in [3.63, 3.8) is 0 Å². The molecule has 0 spiro atoms. The normalized spacial score (nSPS) is 20.9. The van der Waals surface area contributed by atoms with E-state index in [0.29, 0.717) is 29.3 Å². The number of fused-ring (bicyclic) bond motifs is 1. The number of aromatic nitrogens is 1. The summed E-state index contributed by atoms with van der Waals surface area (Å²) in [5.74, 6) is -29.6. The molecule has 19 N–H and O–H groups in total. The fraction of sp³-hybridized carbons (Fsp3) is 0.564. The first-order chi connectivity index (χ1) is 56.9. The second-order valence-electron chi connectivity index (χ2n) is 29.1. The molecule has 13 atom stereocenters. The smallest absolute Gasteiger partial charge is 0.329 e. The van der Waals surface area contributed by atoms with Crippen molar-refractivity contribution >= 4 is 159 Å². The number of cyclic esters (lactones) is 1. The number of Topliss-reactive ketones (excluding diaryl/α,β-unsaturated/α-hetero) is 4. The summed E-state index contributed by atoms with van der Waals surface area (Å²) in [7, 11) is 0. The molecule has 0 unspecified atom stereocenters. The van der Waals surface area contributed by atoms with E-state index in [1.54, 1.807) is 19.2 Å². The van der Waals surface area contributed by atoms with Crippen LogP contribution in [0.3, 0.4) is 0 Å². The van der Waals surface area contributed by atoms with Gasteiger partial charge in [0.2, 0.25) is 65.0 Å². The van der Waals surface area contributed by atoms with E-state index in [9.17, 15) is 106 Å². The number of halogens is 2. The van der Waals surface area contributed by atoms with E-state index < -0.39 is 262 Å². The Bertz CT molecular complexity index is 4180. The first kappa shape index (κ1) is 101. The number of aliphatic hydroxyl groups is 1. The largest absolute Gasteiger partial charge is 0.481 e. The zero-order valence-electron chi connectivity index (χ0n) is 67.4. The van der Waals surface area contributed by atoms with Gasteiger partial charge in [0.25, 0.3) is 12.9 Å². The van der Waals surface area contributed by atoms with Crippen LogP contribution in [0.2, 0.25) is 10.0 Å². The summed E-state index contributed by atoms with van der Waals surface area (Å²) in [6.45, 7) is 3.33. The second-order valence-corrected chi connectivity index (χ2v) is 29.9. The summed E-state index contributed by atoms with van der Waals surface area (Å²) in [5, 5.41) is 57.1. The Balaban J connectivity index is 1.92. The van der Waals surface area contributed by atoms with Gasteiger partial charge in [-0.25, -0.2) is 4.79 Å². The van der Waals surface area contributed by atoms with E-state index in [0.717, 1.165) is 57.6 Å². The van der Waals surface area contributed by atoms with E-state index >= 15 is 4.79 Å². The SMILES string of the molecule is CCCCCCCCCC(=O)N[C@@H](Cc1c[nH]c2ccc(C)cc12)C(=O)N[C@H](CC(N)=O)C(=O)C[C@@H](CC(=O)O)C(=O)N[C@@H]1C(=O)NCC(=O)N[C@@H](CCCN)C(=O)C[C@@H](COC=O)C(=O)N[C@H](C)C(=O)N[C@@H](COC=O)C(=O)NCC(=O)N[C@H](CO)C(=O)C[C@@H]([C@H](C)CC(=O)O)C(=O)N[C@@H](CC(=O)c2cc(Cl)cc(Cl)c2NCC)C(=O)O[C@@H]1C. The highest BCUT2D eigenvalue weighted by atomic mass is 35.5. The molecule has 1 aromatic heterocycles. The Morgan fingerprint density at radius 2 is 1.30 bits per heavy atom. The highest BCUT2D eigenvalue weighted by molar-refractivity contribution is 6.37. The van der Waals surface area contributed by atoms with E-state index in [2.05, 4.69) is 70.4 Å². The molecule has 40 nitrogen and oxygen atoms in total. The number of aromatic amines is 1. The van der Waals surface area contributed by atoms with Crippen LogP contribution >= 0.6 is 23.2 Å². The van der Waals surface area contributed by atoms with Crippen molar-refractivity contribution in [2.24, 2.45) is 35.1 Å². The molecule has 120 heavy (non-hydrogen) atoms. The van der Waals surface area contributed by atoms with Crippen LogP contribution in [0.4, 0.5) is 5.69 Å². The lowest BCUT2D eigenvalue weighted by molar-refractivity contribution is -0.156. The number of hydrogen-bond donors (Lipinski definition) is 17. The topological polar surface area (TPSA) is 630 Å². The van der Waals surface area contributed by atoms with Crippen LogP contribution < -0.4 is 70.0 Å². The number of benzene rings is 2. The summed E-state index contributed by atoms with van der Waals surface area (Å²) in [5.41, 5.74) is 13.1. The molecule has 0 bridgehead atoms. The highest BCUT2D eigenvalue weighted by Crippen LogP contribution is 2.32. The van der Waals surface area contributed by atoms with Gasteiger partial charge in [0.05, 0.1) is 67.2 Å². The summed E-state index contributed by atoms with van der Waals surface area (Å²) < 4.78 is 15.3. The van der Waals surface area contributed by atoms with Crippen LogP contribution in [0.5, 0.6) is 0 Å². The fourth-order valence-electron chi connectivity index (χ4n) is 12.9. The standard InChI is InChI=1S/C78H108Cl2N14O26/c1-7-9-10-11-12-13-14-17-64(103)89-55(23-45-32-84-52-19-18-40(3)21-49(45)52)76(115)91-54(31-63(82)102)61(100)24-44(26-68(108)109)72(111)94-69-43(6)120-78(117)56(30-59(98)50-27-47(79)28-51(80)70(50)83-8-2)92-74(113)48(41(4)22-67(106)107)29-62(101)57(35-95)90-66(105)33-85-75(114)58(37-119-39-97)93-71(110)42(5)87-73(112)46(36-118-38-96)25-60(99)53(16-15-20-81)88-65(104)34-86-77(69)116/h18-19,21,27-28,32,38-39,41-44,46,48,53-58,69,83-84,95H,7-17,20,22-26,29-31,33-37,81H2,1-6H3,(H2,82,102)(H,85,114)(H,86,116)(H,87,112)(H,88,104)(H,89,103)(H,90,105)(H,91,115)(H,92,113)(H,93,110)(H,94,111)(H,106,107)(H,108,109)/t41-,42-,43-,44+,46+,48+,53+,54-,55+,56+,57-,58+,69+/m1/s1. The van der Waals surface area contributed by atoms with Crippen LogP contribution in [0.15, 0.2) is 36.5 Å². The van der Waals surface area contributed by atoms with Crippen LogP contribution in [-0.4, -0.2) is 240 Å². The number of carboxylic acids is 2. The first-order valence-corrected chi connectivity index (χ1v) is 39.8. The van der Waals surface area contributed by atoms with Gasteiger partial charge in [0.1, 0.15) is 55.6 Å². The number of ketones is 4. The molecule has 1 aliphatic heterocycles. The average Bonchev–Trinajstić information content (AvgIpc) is 1.64. The number of carboxylic acid groups (broad SMARTS) is 2. The predicted octanol–water partition coefficient (Wildman–Crippen LogP) is -0.489. The van der Waals surface area contributed by atoms with E-state index in [1.807, 2.05) is 19.1 Å². The van der Waals surface area contributed by atoms with Gasteiger partial charge in [-0.1, -0.05) is 87.2 Å². The molecule has 0 radical (unpaired) electrons. The van der Waals surface area contributed by atoms with Crippen LogP contribution in [-0.2, 0) is 112 Å². The predicted molar refractivity (Wildman–Crippen MR) is 428 cm³/mol. The summed E-state index contributed by atoms with van der Waals surface area (Å²) in [6, 6.07) is -7.32. The third-order valence-corrected chi connectivity index (χ3v) is 19.9. The van der Waals surface area contributed by atoms with Crippen LogP contribution in [0.25, 0.3) is 10.9 Å². The quantitative estimate of drug-likeness (QED) is 0.0112.